The maximum atomic E-state index is 11.6. The van der Waals surface area contributed by atoms with E-state index in [0.29, 0.717) is 11.5 Å². The molecule has 1 amide bonds. The smallest absolute Gasteiger partial charge is 0.248 e. The van der Waals surface area contributed by atoms with Crippen LogP contribution in [0.3, 0.4) is 0 Å². The maximum absolute atomic E-state index is 11.6. The van der Waals surface area contributed by atoms with Crippen molar-refractivity contribution in [1.82, 2.24) is 15.1 Å². The van der Waals surface area contributed by atoms with Crippen LogP contribution in [0.25, 0.3) is 33.3 Å². The highest BCUT2D eigenvalue weighted by molar-refractivity contribution is 5.98. The summed E-state index contributed by atoms with van der Waals surface area (Å²) in [6.07, 6.45) is 2.36. The third-order valence-electron chi connectivity index (χ3n) is 5.69. The number of H-pyrrole nitrogens is 1. The van der Waals surface area contributed by atoms with Gasteiger partial charge in [-0.1, -0.05) is 17.3 Å². The van der Waals surface area contributed by atoms with E-state index in [2.05, 4.69) is 22.3 Å². The summed E-state index contributed by atoms with van der Waals surface area (Å²) in [4.78, 5) is 20.1. The van der Waals surface area contributed by atoms with Crippen LogP contribution < -0.4 is 5.73 Å². The van der Waals surface area contributed by atoms with Crippen LogP contribution in [-0.4, -0.2) is 21.0 Å². The van der Waals surface area contributed by atoms with Crippen molar-refractivity contribution in [3.8, 4) is 22.3 Å². The molecule has 5 rings (SSSR count). The Kier molecular flexibility index (Phi) is 3.84. The van der Waals surface area contributed by atoms with E-state index in [9.17, 15) is 4.79 Å². The SMILES string of the molecule is Cc1cc(-c2cc(-c3c(C)noc3C)cc3[nH]c(C4CC4)nc23)ccc1C(N)=O. The van der Waals surface area contributed by atoms with Crippen molar-refractivity contribution in [2.24, 2.45) is 5.73 Å². The lowest BCUT2D eigenvalue weighted by Gasteiger charge is -2.10. The Balaban J connectivity index is 1.76. The molecule has 0 bridgehead atoms. The molecule has 4 aromatic rings. The monoisotopic (exact) mass is 386 g/mol. The van der Waals surface area contributed by atoms with E-state index >= 15 is 0 Å². The van der Waals surface area contributed by atoms with Gasteiger partial charge in [-0.25, -0.2) is 4.98 Å². The zero-order chi connectivity index (χ0) is 20.3. The molecule has 0 unspecified atom stereocenters. The molecule has 1 aliphatic carbocycles. The summed E-state index contributed by atoms with van der Waals surface area (Å²) in [6, 6.07) is 9.97. The number of carbonyl (C=O) groups excluding carboxylic acids is 1. The Bertz CT molecular complexity index is 1260. The highest BCUT2D eigenvalue weighted by atomic mass is 16.5. The summed E-state index contributed by atoms with van der Waals surface area (Å²) in [5, 5.41) is 4.11. The van der Waals surface area contributed by atoms with Gasteiger partial charge in [0.25, 0.3) is 0 Å². The topological polar surface area (TPSA) is 97.8 Å². The van der Waals surface area contributed by atoms with Crippen molar-refractivity contribution in [2.75, 3.05) is 0 Å². The molecule has 0 aliphatic heterocycles. The van der Waals surface area contributed by atoms with Gasteiger partial charge in [0.2, 0.25) is 5.91 Å². The number of fused-ring (bicyclic) bond motifs is 1. The number of aromatic amines is 1. The third kappa shape index (κ3) is 2.92. The number of aromatic nitrogens is 3. The Morgan fingerprint density at radius 3 is 2.55 bits per heavy atom. The van der Waals surface area contributed by atoms with Crippen LogP contribution in [0.1, 0.15) is 52.0 Å². The molecule has 0 radical (unpaired) electrons. The highest BCUT2D eigenvalue weighted by Gasteiger charge is 2.28. The lowest BCUT2D eigenvalue weighted by atomic mass is 9.94. The number of amides is 1. The maximum Gasteiger partial charge on any atom is 0.248 e. The Morgan fingerprint density at radius 1 is 1.14 bits per heavy atom. The number of primary amides is 1. The summed E-state index contributed by atoms with van der Waals surface area (Å²) < 4.78 is 5.39. The second-order valence-corrected chi connectivity index (χ2v) is 7.91. The number of nitrogens with two attached hydrogens (primary N) is 1. The summed E-state index contributed by atoms with van der Waals surface area (Å²) >= 11 is 0. The number of rotatable bonds is 4. The van der Waals surface area contributed by atoms with Crippen molar-refractivity contribution in [3.05, 3.63) is 58.7 Å². The van der Waals surface area contributed by atoms with Crippen LogP contribution in [-0.2, 0) is 0 Å². The predicted octanol–water partition coefficient (Wildman–Crippen LogP) is 4.79. The second-order valence-electron chi connectivity index (χ2n) is 7.91. The fourth-order valence-corrected chi connectivity index (χ4v) is 4.05. The van der Waals surface area contributed by atoms with Crippen LogP contribution >= 0.6 is 0 Å². The van der Waals surface area contributed by atoms with Gasteiger partial charge in [0.05, 0.1) is 16.7 Å². The van der Waals surface area contributed by atoms with Crippen molar-refractivity contribution in [3.63, 3.8) is 0 Å². The van der Waals surface area contributed by atoms with E-state index in [1.807, 2.05) is 32.9 Å². The van der Waals surface area contributed by atoms with E-state index in [1.165, 1.54) is 12.8 Å². The third-order valence-corrected chi connectivity index (χ3v) is 5.69. The first-order chi connectivity index (χ1) is 13.9. The standard InChI is InChI=1S/C23H22N4O2/c1-11-8-15(6-7-17(11)22(24)28)18-9-16(20-12(2)27-29-13(20)3)10-19-21(18)26-23(25-19)14-4-5-14/h6-10,14H,4-5H2,1-3H3,(H2,24,28)(H,25,26). The molecule has 29 heavy (non-hydrogen) atoms. The van der Waals surface area contributed by atoms with Gasteiger partial charge in [-0.05, 0) is 68.5 Å². The zero-order valence-electron chi connectivity index (χ0n) is 16.7. The fourth-order valence-electron chi connectivity index (χ4n) is 4.05. The van der Waals surface area contributed by atoms with Crippen LogP contribution in [0.15, 0.2) is 34.9 Å². The molecule has 0 saturated heterocycles. The second kappa shape index (κ2) is 6.30. The summed E-state index contributed by atoms with van der Waals surface area (Å²) in [5.41, 5.74) is 13.7. The number of nitrogens with zero attached hydrogens (tertiary/aromatic N) is 2. The Hall–Kier alpha value is -3.41. The number of hydrogen-bond donors (Lipinski definition) is 2. The Labute approximate surface area is 168 Å². The molecule has 1 fully saturated rings. The molecule has 2 aromatic heterocycles. The minimum absolute atomic E-state index is 0.417. The van der Waals surface area contributed by atoms with E-state index in [4.69, 9.17) is 15.2 Å². The zero-order valence-corrected chi connectivity index (χ0v) is 16.7. The normalized spacial score (nSPS) is 13.9. The fraction of sp³-hybridized carbons (Fsp3) is 0.261. The quantitative estimate of drug-likeness (QED) is 0.527. The number of benzene rings is 2. The van der Waals surface area contributed by atoms with Crippen molar-refractivity contribution in [1.29, 1.82) is 0 Å². The number of hydrogen-bond acceptors (Lipinski definition) is 4. The molecular weight excluding hydrogens is 364 g/mol. The van der Waals surface area contributed by atoms with Gasteiger partial charge in [-0.15, -0.1) is 0 Å². The molecule has 6 heteroatoms. The van der Waals surface area contributed by atoms with E-state index in [0.717, 1.165) is 56.1 Å². The average Bonchev–Trinajstić information content (AvgIpc) is 3.36. The minimum atomic E-state index is -0.417. The predicted molar refractivity (Wildman–Crippen MR) is 112 cm³/mol. The molecule has 1 saturated carbocycles. The Morgan fingerprint density at radius 2 is 1.93 bits per heavy atom. The lowest BCUT2D eigenvalue weighted by Crippen LogP contribution is -2.12. The molecule has 2 aromatic carbocycles. The van der Waals surface area contributed by atoms with E-state index in [-0.39, 0.29) is 0 Å². The number of imidazole rings is 1. The molecule has 1 aliphatic rings. The average molecular weight is 386 g/mol. The molecule has 146 valence electrons. The van der Waals surface area contributed by atoms with Gasteiger partial charge in [0.1, 0.15) is 11.6 Å². The number of carbonyl (C=O) groups is 1. The van der Waals surface area contributed by atoms with E-state index in [1.54, 1.807) is 6.07 Å². The van der Waals surface area contributed by atoms with Crippen molar-refractivity contribution in [2.45, 2.75) is 39.5 Å². The van der Waals surface area contributed by atoms with E-state index < -0.39 is 5.91 Å². The molecule has 0 atom stereocenters. The summed E-state index contributed by atoms with van der Waals surface area (Å²) in [7, 11) is 0. The van der Waals surface area contributed by atoms with Gasteiger partial charge in [-0.2, -0.15) is 0 Å². The first-order valence-corrected chi connectivity index (χ1v) is 9.80. The molecule has 2 heterocycles. The minimum Gasteiger partial charge on any atom is -0.366 e. The van der Waals surface area contributed by atoms with Crippen LogP contribution in [0, 0.1) is 20.8 Å². The van der Waals surface area contributed by atoms with Gasteiger partial charge >= 0.3 is 0 Å². The van der Waals surface area contributed by atoms with Crippen molar-refractivity contribution < 1.29 is 9.32 Å². The van der Waals surface area contributed by atoms with Crippen LogP contribution in [0.4, 0.5) is 0 Å². The van der Waals surface area contributed by atoms with Gasteiger partial charge in [-0.3, -0.25) is 4.79 Å². The summed E-state index contributed by atoms with van der Waals surface area (Å²) in [5.74, 6) is 1.94. The van der Waals surface area contributed by atoms with Crippen LogP contribution in [0.2, 0.25) is 0 Å². The number of aryl methyl sites for hydroxylation is 3. The molecule has 3 N–H and O–H groups in total. The summed E-state index contributed by atoms with van der Waals surface area (Å²) in [6.45, 7) is 5.77. The van der Waals surface area contributed by atoms with Crippen LogP contribution in [0.5, 0.6) is 0 Å². The van der Waals surface area contributed by atoms with Gasteiger partial charge in [0.15, 0.2) is 0 Å². The molecular formula is C23H22N4O2. The highest BCUT2D eigenvalue weighted by Crippen LogP contribution is 2.41. The molecule has 6 nitrogen and oxygen atoms in total. The van der Waals surface area contributed by atoms with Gasteiger partial charge in [0, 0.05) is 22.6 Å². The largest absolute Gasteiger partial charge is 0.366 e. The van der Waals surface area contributed by atoms with Crippen molar-refractivity contribution >= 4 is 16.9 Å². The molecule has 0 spiro atoms. The lowest BCUT2D eigenvalue weighted by molar-refractivity contribution is 0.0999. The number of nitrogens with one attached hydrogen (secondary N) is 1. The van der Waals surface area contributed by atoms with Gasteiger partial charge < -0.3 is 15.2 Å². The first kappa shape index (κ1) is 17.7. The first-order valence-electron chi connectivity index (χ1n) is 9.80.